The molecule has 0 bridgehead atoms. The lowest BCUT2D eigenvalue weighted by molar-refractivity contribution is -0.120. The summed E-state index contributed by atoms with van der Waals surface area (Å²) >= 11 is 3.18. The maximum Gasteiger partial charge on any atom is 0.169 e. The van der Waals surface area contributed by atoms with Crippen molar-refractivity contribution in [3.63, 3.8) is 0 Å². The normalized spacial score (nSPS) is 18.6. The van der Waals surface area contributed by atoms with Gasteiger partial charge in [-0.3, -0.25) is 4.79 Å². The van der Waals surface area contributed by atoms with Crippen molar-refractivity contribution in [2.75, 3.05) is 0 Å². The predicted molar refractivity (Wildman–Crippen MR) is 51.3 cm³/mol. The van der Waals surface area contributed by atoms with Gasteiger partial charge in [0.15, 0.2) is 10.5 Å². The number of halogens is 1. The Balaban J connectivity index is 2.02. The van der Waals surface area contributed by atoms with Crippen LogP contribution in [0.5, 0.6) is 0 Å². The van der Waals surface area contributed by atoms with Gasteiger partial charge in [0.2, 0.25) is 0 Å². The molecule has 1 saturated carbocycles. The van der Waals surface area contributed by atoms with Crippen LogP contribution < -0.4 is 5.73 Å². The molecule has 4 heteroatoms. The van der Waals surface area contributed by atoms with Gasteiger partial charge in [-0.05, 0) is 40.9 Å². The van der Waals surface area contributed by atoms with Crippen LogP contribution >= 0.6 is 15.9 Å². The fraction of sp³-hybridized carbons (Fsp3) is 0.444. The number of carbonyl (C=O) groups excluding carboxylic acids is 1. The first-order valence-electron chi connectivity index (χ1n) is 4.16. The molecule has 1 fully saturated rings. The Hall–Kier alpha value is -0.610. The van der Waals surface area contributed by atoms with E-state index in [1.165, 1.54) is 0 Å². The summed E-state index contributed by atoms with van der Waals surface area (Å²) in [5.74, 6) is 0.753. The molecule has 0 spiro atoms. The minimum absolute atomic E-state index is 0.0781. The molecule has 1 aliphatic rings. The van der Waals surface area contributed by atoms with Crippen molar-refractivity contribution < 1.29 is 9.21 Å². The van der Waals surface area contributed by atoms with Crippen LogP contribution in [0.25, 0.3) is 0 Å². The summed E-state index contributed by atoms with van der Waals surface area (Å²) in [6.07, 6.45) is 1.93. The minimum atomic E-state index is -0.542. The lowest BCUT2D eigenvalue weighted by atomic mass is 10.1. The van der Waals surface area contributed by atoms with Gasteiger partial charge in [0, 0.05) is 0 Å². The van der Waals surface area contributed by atoms with E-state index in [4.69, 9.17) is 10.2 Å². The number of rotatable bonds is 3. The summed E-state index contributed by atoms with van der Waals surface area (Å²) in [6.45, 7) is 0. The Labute approximate surface area is 84.4 Å². The van der Waals surface area contributed by atoms with Crippen molar-refractivity contribution in [2.45, 2.75) is 24.8 Å². The van der Waals surface area contributed by atoms with Crippen molar-refractivity contribution in [1.29, 1.82) is 0 Å². The van der Waals surface area contributed by atoms with Crippen molar-refractivity contribution in [1.82, 2.24) is 0 Å². The summed E-state index contributed by atoms with van der Waals surface area (Å²) in [4.78, 5) is 11.5. The molecule has 70 valence electrons. The molecule has 1 aliphatic carbocycles. The zero-order valence-corrected chi connectivity index (χ0v) is 8.63. The molecule has 13 heavy (non-hydrogen) atoms. The highest BCUT2D eigenvalue weighted by Gasteiger charge is 2.45. The second-order valence-electron chi connectivity index (χ2n) is 3.46. The molecule has 0 unspecified atom stereocenters. The minimum Gasteiger partial charge on any atom is -0.454 e. The van der Waals surface area contributed by atoms with E-state index in [1.807, 2.05) is 0 Å². The van der Waals surface area contributed by atoms with E-state index in [-0.39, 0.29) is 5.78 Å². The molecule has 0 saturated heterocycles. The standard InChI is InChI=1S/C9H10BrNO2/c10-8-2-1-6(13-8)5-7(12)9(11)3-4-9/h1-2H,3-5,11H2. The Morgan fingerprint density at radius 2 is 2.31 bits per heavy atom. The van der Waals surface area contributed by atoms with E-state index in [9.17, 15) is 4.79 Å². The van der Waals surface area contributed by atoms with Crippen molar-refractivity contribution in [3.8, 4) is 0 Å². The Morgan fingerprint density at radius 1 is 1.62 bits per heavy atom. The zero-order chi connectivity index (χ0) is 9.47. The van der Waals surface area contributed by atoms with E-state index < -0.39 is 5.54 Å². The summed E-state index contributed by atoms with van der Waals surface area (Å²) < 4.78 is 5.87. The maximum atomic E-state index is 11.5. The molecular weight excluding hydrogens is 234 g/mol. The molecule has 0 atom stereocenters. The van der Waals surface area contributed by atoms with Crippen LogP contribution in [-0.2, 0) is 11.2 Å². The van der Waals surface area contributed by atoms with Gasteiger partial charge in [0.1, 0.15) is 5.76 Å². The molecule has 0 aliphatic heterocycles. The summed E-state index contributed by atoms with van der Waals surface area (Å²) in [7, 11) is 0. The zero-order valence-electron chi connectivity index (χ0n) is 7.05. The van der Waals surface area contributed by atoms with Gasteiger partial charge in [0.05, 0.1) is 12.0 Å². The fourth-order valence-electron chi connectivity index (χ4n) is 1.19. The third kappa shape index (κ3) is 1.84. The highest BCUT2D eigenvalue weighted by atomic mass is 79.9. The molecule has 2 rings (SSSR count). The highest BCUT2D eigenvalue weighted by Crippen LogP contribution is 2.34. The van der Waals surface area contributed by atoms with Crippen LogP contribution in [0, 0.1) is 0 Å². The molecule has 1 aromatic rings. The SMILES string of the molecule is NC1(C(=O)Cc2ccc(Br)o2)CC1. The van der Waals surface area contributed by atoms with Gasteiger partial charge in [-0.2, -0.15) is 0 Å². The summed E-state index contributed by atoms with van der Waals surface area (Å²) in [5.41, 5.74) is 5.20. The van der Waals surface area contributed by atoms with E-state index in [1.54, 1.807) is 12.1 Å². The van der Waals surface area contributed by atoms with Gasteiger partial charge >= 0.3 is 0 Å². The van der Waals surface area contributed by atoms with Gasteiger partial charge in [-0.25, -0.2) is 0 Å². The number of nitrogens with two attached hydrogens (primary N) is 1. The number of Topliss-reactive ketones (excluding diaryl/α,β-unsaturated/α-hetero) is 1. The van der Waals surface area contributed by atoms with E-state index in [0.29, 0.717) is 16.9 Å². The number of carbonyl (C=O) groups is 1. The smallest absolute Gasteiger partial charge is 0.169 e. The number of furan rings is 1. The largest absolute Gasteiger partial charge is 0.454 e. The molecule has 0 amide bonds. The number of hydrogen-bond donors (Lipinski definition) is 1. The first-order chi connectivity index (χ1) is 6.10. The number of hydrogen-bond acceptors (Lipinski definition) is 3. The average molecular weight is 244 g/mol. The first kappa shape index (κ1) is 8.97. The topological polar surface area (TPSA) is 56.2 Å². The molecule has 1 aromatic heterocycles. The average Bonchev–Trinajstić information content (AvgIpc) is 2.69. The van der Waals surface area contributed by atoms with Crippen LogP contribution in [0.2, 0.25) is 0 Å². The van der Waals surface area contributed by atoms with Crippen LogP contribution in [0.3, 0.4) is 0 Å². The monoisotopic (exact) mass is 243 g/mol. The van der Waals surface area contributed by atoms with Crippen LogP contribution in [0.15, 0.2) is 21.2 Å². The van der Waals surface area contributed by atoms with Gasteiger partial charge in [0.25, 0.3) is 0 Å². The maximum absolute atomic E-state index is 11.5. The Kier molecular flexibility index (Phi) is 2.04. The van der Waals surface area contributed by atoms with E-state index in [0.717, 1.165) is 12.8 Å². The van der Waals surface area contributed by atoms with Gasteiger partial charge < -0.3 is 10.2 Å². The summed E-state index contributed by atoms with van der Waals surface area (Å²) in [6, 6.07) is 3.56. The Bertz CT molecular complexity index is 341. The lowest BCUT2D eigenvalue weighted by Crippen LogP contribution is -2.33. The van der Waals surface area contributed by atoms with Crippen molar-refractivity contribution >= 4 is 21.7 Å². The lowest BCUT2D eigenvalue weighted by Gasteiger charge is -2.04. The fourth-order valence-corrected chi connectivity index (χ4v) is 1.53. The molecule has 3 nitrogen and oxygen atoms in total. The second-order valence-corrected chi connectivity index (χ2v) is 4.24. The summed E-state index contributed by atoms with van der Waals surface area (Å²) in [5, 5.41) is 0. The number of ketones is 1. The third-order valence-electron chi connectivity index (χ3n) is 2.31. The van der Waals surface area contributed by atoms with Crippen LogP contribution in [0.4, 0.5) is 0 Å². The van der Waals surface area contributed by atoms with Crippen LogP contribution in [-0.4, -0.2) is 11.3 Å². The van der Waals surface area contributed by atoms with Crippen molar-refractivity contribution in [3.05, 3.63) is 22.6 Å². The predicted octanol–water partition coefficient (Wildman–Crippen LogP) is 1.64. The Morgan fingerprint density at radius 3 is 2.77 bits per heavy atom. The van der Waals surface area contributed by atoms with Crippen LogP contribution in [0.1, 0.15) is 18.6 Å². The molecular formula is C9H10BrNO2. The third-order valence-corrected chi connectivity index (χ3v) is 2.73. The quantitative estimate of drug-likeness (QED) is 0.879. The van der Waals surface area contributed by atoms with Gasteiger partial charge in [-0.15, -0.1) is 0 Å². The molecule has 0 radical (unpaired) electrons. The highest BCUT2D eigenvalue weighted by molar-refractivity contribution is 9.10. The molecule has 2 N–H and O–H groups in total. The second kappa shape index (κ2) is 2.96. The van der Waals surface area contributed by atoms with E-state index in [2.05, 4.69) is 15.9 Å². The van der Waals surface area contributed by atoms with Gasteiger partial charge in [-0.1, -0.05) is 0 Å². The first-order valence-corrected chi connectivity index (χ1v) is 4.96. The van der Waals surface area contributed by atoms with Crippen molar-refractivity contribution in [2.24, 2.45) is 5.73 Å². The van der Waals surface area contributed by atoms with E-state index >= 15 is 0 Å². The molecule has 1 heterocycles. The molecule has 0 aromatic carbocycles.